The molecule has 192 valence electrons. The number of urea groups is 1. The lowest BCUT2D eigenvalue weighted by molar-refractivity contribution is -0.274. The fourth-order valence-electron chi connectivity index (χ4n) is 4.42. The molecule has 2 saturated heterocycles. The van der Waals surface area contributed by atoms with E-state index in [0.717, 1.165) is 11.8 Å². The number of likely N-dealkylation sites (tertiary alicyclic amines) is 1. The van der Waals surface area contributed by atoms with Gasteiger partial charge in [0.05, 0.1) is 30.6 Å². The molecule has 0 radical (unpaired) electrons. The van der Waals surface area contributed by atoms with Crippen LogP contribution in [-0.4, -0.2) is 81.2 Å². The Hall–Kier alpha value is -2.80. The van der Waals surface area contributed by atoms with E-state index in [1.54, 1.807) is 21.9 Å². The van der Waals surface area contributed by atoms with Gasteiger partial charge in [0.1, 0.15) is 12.0 Å². The van der Waals surface area contributed by atoms with Crippen LogP contribution in [0.5, 0.6) is 5.75 Å². The number of aromatic nitrogens is 1. The summed E-state index contributed by atoms with van der Waals surface area (Å²) >= 11 is 0. The molecule has 1 aromatic carbocycles. The SMILES string of the molecule is CS(=O)(=O)Cc1coc(C2CC(c3ccc(OC(F)(F)F)cc3)CN(C(=O)N3CCOCC3)C2)n1. The van der Waals surface area contributed by atoms with Crippen LogP contribution in [0.1, 0.15) is 35.4 Å². The number of hydrogen-bond acceptors (Lipinski definition) is 7. The third-order valence-electron chi connectivity index (χ3n) is 5.92. The van der Waals surface area contributed by atoms with Crippen LogP contribution in [0, 0.1) is 0 Å². The van der Waals surface area contributed by atoms with Gasteiger partial charge in [-0.1, -0.05) is 12.1 Å². The van der Waals surface area contributed by atoms with Gasteiger partial charge in [-0.25, -0.2) is 18.2 Å². The van der Waals surface area contributed by atoms with E-state index in [-0.39, 0.29) is 35.1 Å². The molecule has 3 heterocycles. The highest BCUT2D eigenvalue weighted by atomic mass is 32.2. The van der Waals surface area contributed by atoms with E-state index in [2.05, 4.69) is 9.72 Å². The average molecular weight is 518 g/mol. The Morgan fingerprint density at radius 2 is 1.77 bits per heavy atom. The second-order valence-corrected chi connectivity index (χ2v) is 10.9. The number of piperidine rings is 1. The zero-order chi connectivity index (χ0) is 25.2. The fraction of sp³-hybridized carbons (Fsp3) is 0.545. The van der Waals surface area contributed by atoms with E-state index in [9.17, 15) is 26.4 Å². The third-order valence-corrected chi connectivity index (χ3v) is 6.74. The van der Waals surface area contributed by atoms with E-state index in [1.807, 2.05) is 0 Å². The van der Waals surface area contributed by atoms with Crippen molar-refractivity contribution in [1.29, 1.82) is 0 Å². The first-order valence-corrected chi connectivity index (χ1v) is 13.1. The molecule has 0 N–H and O–H groups in total. The lowest BCUT2D eigenvalue weighted by atomic mass is 9.84. The molecular weight excluding hydrogens is 491 g/mol. The molecule has 0 spiro atoms. The Labute approximate surface area is 200 Å². The Morgan fingerprint density at radius 3 is 2.40 bits per heavy atom. The Kier molecular flexibility index (Phi) is 7.27. The quantitative estimate of drug-likeness (QED) is 0.601. The van der Waals surface area contributed by atoms with E-state index in [1.165, 1.54) is 18.4 Å². The van der Waals surface area contributed by atoms with E-state index in [4.69, 9.17) is 9.15 Å². The summed E-state index contributed by atoms with van der Waals surface area (Å²) in [6.45, 7) is 2.50. The summed E-state index contributed by atoms with van der Waals surface area (Å²) in [5.74, 6) is -0.788. The zero-order valence-electron chi connectivity index (χ0n) is 19.0. The highest BCUT2D eigenvalue weighted by Gasteiger charge is 2.36. The van der Waals surface area contributed by atoms with Crippen LogP contribution >= 0.6 is 0 Å². The topological polar surface area (TPSA) is 102 Å². The lowest BCUT2D eigenvalue weighted by Gasteiger charge is -2.40. The monoisotopic (exact) mass is 517 g/mol. The van der Waals surface area contributed by atoms with Crippen LogP contribution in [0.25, 0.3) is 0 Å². The number of morpholine rings is 1. The summed E-state index contributed by atoms with van der Waals surface area (Å²) in [6.07, 6.45) is -1.86. The number of carbonyl (C=O) groups is 1. The number of carbonyl (C=O) groups excluding carboxylic acids is 1. The van der Waals surface area contributed by atoms with Gasteiger partial charge in [-0.15, -0.1) is 13.2 Å². The van der Waals surface area contributed by atoms with E-state index in [0.29, 0.717) is 51.7 Å². The number of hydrogen-bond donors (Lipinski definition) is 0. The maximum Gasteiger partial charge on any atom is 0.573 e. The van der Waals surface area contributed by atoms with Crippen LogP contribution in [0.3, 0.4) is 0 Å². The van der Waals surface area contributed by atoms with Gasteiger partial charge in [0, 0.05) is 38.4 Å². The van der Waals surface area contributed by atoms with Gasteiger partial charge < -0.3 is 23.7 Å². The van der Waals surface area contributed by atoms with Crippen molar-refractivity contribution in [2.45, 2.75) is 30.4 Å². The van der Waals surface area contributed by atoms with Crippen molar-refractivity contribution in [2.24, 2.45) is 0 Å². The summed E-state index contributed by atoms with van der Waals surface area (Å²) < 4.78 is 75.7. The molecule has 0 bridgehead atoms. The summed E-state index contributed by atoms with van der Waals surface area (Å²) in [6, 6.07) is 5.43. The van der Waals surface area contributed by atoms with Gasteiger partial charge in [0.15, 0.2) is 15.7 Å². The number of amides is 2. The number of sulfone groups is 1. The third kappa shape index (κ3) is 6.88. The van der Waals surface area contributed by atoms with Gasteiger partial charge in [-0.05, 0) is 24.1 Å². The molecule has 0 saturated carbocycles. The van der Waals surface area contributed by atoms with Crippen LogP contribution in [0.15, 0.2) is 34.9 Å². The predicted octanol–water partition coefficient (Wildman–Crippen LogP) is 3.14. The molecule has 4 rings (SSSR count). The fourth-order valence-corrected chi connectivity index (χ4v) is 5.09. The van der Waals surface area contributed by atoms with Crippen molar-refractivity contribution in [1.82, 2.24) is 14.8 Å². The Balaban J connectivity index is 1.56. The largest absolute Gasteiger partial charge is 0.573 e. The van der Waals surface area contributed by atoms with Crippen LogP contribution in [-0.2, 0) is 20.3 Å². The summed E-state index contributed by atoms with van der Waals surface area (Å²) in [4.78, 5) is 21.0. The van der Waals surface area contributed by atoms with Crippen molar-refractivity contribution in [3.05, 3.63) is 47.7 Å². The maximum atomic E-state index is 13.2. The van der Waals surface area contributed by atoms with E-state index >= 15 is 0 Å². The zero-order valence-corrected chi connectivity index (χ0v) is 19.8. The molecule has 2 amide bonds. The molecule has 0 aliphatic carbocycles. The van der Waals surface area contributed by atoms with Crippen LogP contribution in [0.4, 0.5) is 18.0 Å². The predicted molar refractivity (Wildman–Crippen MR) is 118 cm³/mol. The number of benzene rings is 1. The van der Waals surface area contributed by atoms with Crippen LogP contribution in [0.2, 0.25) is 0 Å². The number of rotatable bonds is 5. The minimum atomic E-state index is -4.78. The Bertz CT molecular complexity index is 1130. The first kappa shape index (κ1) is 25.3. The first-order valence-electron chi connectivity index (χ1n) is 11.1. The molecule has 2 fully saturated rings. The van der Waals surface area contributed by atoms with Crippen molar-refractivity contribution < 1.29 is 40.3 Å². The summed E-state index contributed by atoms with van der Waals surface area (Å²) in [7, 11) is -3.30. The highest BCUT2D eigenvalue weighted by Crippen LogP contribution is 2.37. The van der Waals surface area contributed by atoms with Gasteiger partial charge in [-0.2, -0.15) is 0 Å². The van der Waals surface area contributed by atoms with Crippen molar-refractivity contribution >= 4 is 15.9 Å². The minimum Gasteiger partial charge on any atom is -0.448 e. The molecule has 2 aromatic rings. The van der Waals surface area contributed by atoms with E-state index < -0.39 is 16.2 Å². The van der Waals surface area contributed by atoms with Gasteiger partial charge in [-0.3, -0.25) is 0 Å². The number of oxazole rings is 1. The minimum absolute atomic E-state index is 0.164. The Morgan fingerprint density at radius 1 is 1.11 bits per heavy atom. The summed E-state index contributed by atoms with van der Waals surface area (Å²) in [5, 5.41) is 0. The standard InChI is InChI=1S/C22H26F3N3O6S/c1-35(30,31)14-18-13-33-20(26-18)17-10-16(15-2-4-19(5-3-15)34-22(23,24)25)11-28(12-17)21(29)27-6-8-32-9-7-27/h2-5,13,16-17H,6-12,14H2,1H3. The smallest absolute Gasteiger partial charge is 0.448 e. The van der Waals surface area contributed by atoms with Crippen molar-refractivity contribution in [3.63, 3.8) is 0 Å². The lowest BCUT2D eigenvalue weighted by Crippen LogP contribution is -2.52. The highest BCUT2D eigenvalue weighted by molar-refractivity contribution is 7.89. The number of nitrogens with zero attached hydrogens (tertiary/aromatic N) is 3. The van der Waals surface area contributed by atoms with Crippen LogP contribution < -0.4 is 4.74 Å². The normalized spacial score (nSPS) is 21.7. The molecule has 2 unspecified atom stereocenters. The molecular formula is C22H26F3N3O6S. The number of alkyl halides is 3. The maximum absolute atomic E-state index is 13.2. The number of ether oxygens (including phenoxy) is 2. The molecule has 2 atom stereocenters. The summed E-state index contributed by atoms with van der Waals surface area (Å²) in [5.41, 5.74) is 1.02. The second kappa shape index (κ2) is 10.1. The molecule has 35 heavy (non-hydrogen) atoms. The molecule has 13 heteroatoms. The van der Waals surface area contributed by atoms with Gasteiger partial charge >= 0.3 is 12.4 Å². The average Bonchev–Trinajstić information content (AvgIpc) is 3.25. The second-order valence-electron chi connectivity index (χ2n) is 8.78. The molecule has 1 aromatic heterocycles. The molecule has 9 nitrogen and oxygen atoms in total. The number of halogens is 3. The molecule has 2 aliphatic rings. The van der Waals surface area contributed by atoms with Crippen molar-refractivity contribution in [3.8, 4) is 5.75 Å². The van der Waals surface area contributed by atoms with Crippen molar-refractivity contribution in [2.75, 3.05) is 45.6 Å². The first-order chi connectivity index (χ1) is 16.5. The van der Waals surface area contributed by atoms with Gasteiger partial charge in [0.25, 0.3) is 0 Å². The van der Waals surface area contributed by atoms with Gasteiger partial charge in [0.2, 0.25) is 0 Å². The molecule has 2 aliphatic heterocycles.